The predicted molar refractivity (Wildman–Crippen MR) is 60.5 cm³/mol. The van der Waals surface area contributed by atoms with E-state index in [0.717, 1.165) is 0 Å². The number of carbonyl (C=O) groups excluding carboxylic acids is 1. The molecule has 2 amide bonds. The molecule has 0 saturated heterocycles. The lowest BCUT2D eigenvalue weighted by atomic mass is 10.3. The molecule has 0 spiro atoms. The number of hydrogen-bond acceptors (Lipinski definition) is 4. The number of rotatable bonds is 4. The normalized spacial score (nSPS) is 10.1. The maximum Gasteiger partial charge on any atom is 0.324 e. The molecule has 0 unspecified atom stereocenters. The van der Waals surface area contributed by atoms with Gasteiger partial charge in [-0.1, -0.05) is 0 Å². The van der Waals surface area contributed by atoms with Crippen LogP contribution >= 0.6 is 0 Å². The van der Waals surface area contributed by atoms with Crippen LogP contribution in [0, 0.1) is 0 Å². The minimum Gasteiger partial charge on any atom is -0.480 e. The number of carboxylic acid groups (broad SMARTS) is 1. The molecule has 2 N–H and O–H groups in total. The second-order valence-electron chi connectivity index (χ2n) is 3.62. The minimum atomic E-state index is -1.07. The first kappa shape index (κ1) is 12.9. The molecule has 0 aliphatic heterocycles. The van der Waals surface area contributed by atoms with Crippen LogP contribution in [0.25, 0.3) is 0 Å². The average molecular weight is 238 g/mol. The molecule has 1 heterocycles. The Bertz CT molecular complexity index is 394. The number of hydrogen-bond donors (Lipinski definition) is 2. The van der Waals surface area contributed by atoms with Crippen molar-refractivity contribution in [3.05, 3.63) is 18.5 Å². The molecule has 0 saturated carbocycles. The van der Waals surface area contributed by atoms with Crippen LogP contribution in [-0.4, -0.2) is 44.6 Å². The quantitative estimate of drug-likeness (QED) is 0.809. The summed E-state index contributed by atoms with van der Waals surface area (Å²) < 4.78 is 0. The highest BCUT2D eigenvalue weighted by molar-refractivity contribution is 5.89. The van der Waals surface area contributed by atoms with Crippen molar-refractivity contribution in [2.75, 3.05) is 11.9 Å². The maximum absolute atomic E-state index is 11.8. The summed E-state index contributed by atoms with van der Waals surface area (Å²) >= 11 is 0. The van der Waals surface area contributed by atoms with Crippen LogP contribution in [0.1, 0.15) is 13.8 Å². The molecular weight excluding hydrogens is 224 g/mol. The molecule has 1 aromatic heterocycles. The van der Waals surface area contributed by atoms with E-state index in [2.05, 4.69) is 15.3 Å². The molecule has 92 valence electrons. The van der Waals surface area contributed by atoms with Crippen LogP contribution in [0.2, 0.25) is 0 Å². The average Bonchev–Trinajstić information content (AvgIpc) is 2.26. The highest BCUT2D eigenvalue weighted by atomic mass is 16.4. The monoisotopic (exact) mass is 238 g/mol. The zero-order chi connectivity index (χ0) is 12.8. The standard InChI is InChI=1S/C10H14N4O3/c1-7(2)14(6-8(15)16)10(17)13-9-11-4-3-5-12-9/h3-5,7H,6H2,1-2H3,(H,15,16)(H,11,12,13,17). The van der Waals surface area contributed by atoms with Crippen molar-refractivity contribution in [3.63, 3.8) is 0 Å². The van der Waals surface area contributed by atoms with Gasteiger partial charge in [-0.2, -0.15) is 0 Å². The van der Waals surface area contributed by atoms with Gasteiger partial charge in [-0.3, -0.25) is 10.1 Å². The van der Waals surface area contributed by atoms with Gasteiger partial charge in [0.15, 0.2) is 0 Å². The van der Waals surface area contributed by atoms with Crippen molar-refractivity contribution >= 4 is 17.9 Å². The number of aromatic nitrogens is 2. The first-order valence-corrected chi connectivity index (χ1v) is 5.07. The van der Waals surface area contributed by atoms with Crippen LogP contribution in [0.4, 0.5) is 10.7 Å². The lowest BCUT2D eigenvalue weighted by molar-refractivity contribution is -0.137. The second kappa shape index (κ2) is 5.78. The van der Waals surface area contributed by atoms with E-state index in [1.807, 2.05) is 0 Å². The zero-order valence-electron chi connectivity index (χ0n) is 9.62. The molecule has 7 nitrogen and oxygen atoms in total. The SMILES string of the molecule is CC(C)N(CC(=O)O)C(=O)Nc1ncccn1. The first-order chi connectivity index (χ1) is 8.00. The molecule has 0 aliphatic carbocycles. The fraction of sp³-hybridized carbons (Fsp3) is 0.400. The number of amides is 2. The summed E-state index contributed by atoms with van der Waals surface area (Å²) in [6.45, 7) is 3.10. The van der Waals surface area contributed by atoms with Crippen LogP contribution in [0.5, 0.6) is 0 Å². The fourth-order valence-corrected chi connectivity index (χ4v) is 1.17. The minimum absolute atomic E-state index is 0.147. The third kappa shape index (κ3) is 4.06. The van der Waals surface area contributed by atoms with Gasteiger partial charge in [0.1, 0.15) is 6.54 Å². The summed E-state index contributed by atoms with van der Waals surface area (Å²) in [5, 5.41) is 11.1. The van der Waals surface area contributed by atoms with E-state index in [1.165, 1.54) is 17.3 Å². The van der Waals surface area contributed by atoms with Crippen LogP contribution in [-0.2, 0) is 4.79 Å². The third-order valence-corrected chi connectivity index (χ3v) is 1.97. The maximum atomic E-state index is 11.8. The molecule has 0 atom stereocenters. The number of anilines is 1. The van der Waals surface area contributed by atoms with Crippen LogP contribution < -0.4 is 5.32 Å². The van der Waals surface area contributed by atoms with Crippen LogP contribution in [0.15, 0.2) is 18.5 Å². The topological polar surface area (TPSA) is 95.4 Å². The molecule has 0 aliphatic rings. The Kier molecular flexibility index (Phi) is 4.38. The zero-order valence-corrected chi connectivity index (χ0v) is 9.62. The lowest BCUT2D eigenvalue weighted by Crippen LogP contribution is -2.43. The van der Waals surface area contributed by atoms with E-state index >= 15 is 0 Å². The molecular formula is C10H14N4O3. The Morgan fingerprint density at radius 3 is 2.47 bits per heavy atom. The number of nitrogens with one attached hydrogen (secondary N) is 1. The van der Waals surface area contributed by atoms with Gasteiger partial charge in [-0.25, -0.2) is 14.8 Å². The first-order valence-electron chi connectivity index (χ1n) is 5.07. The smallest absolute Gasteiger partial charge is 0.324 e. The largest absolute Gasteiger partial charge is 0.480 e. The lowest BCUT2D eigenvalue weighted by Gasteiger charge is -2.24. The van der Waals surface area contributed by atoms with E-state index in [-0.39, 0.29) is 18.5 Å². The molecule has 1 rings (SSSR count). The van der Waals surface area contributed by atoms with Gasteiger partial charge >= 0.3 is 12.0 Å². The van der Waals surface area contributed by atoms with Gasteiger partial charge in [0, 0.05) is 18.4 Å². The van der Waals surface area contributed by atoms with Crippen molar-refractivity contribution in [1.82, 2.24) is 14.9 Å². The van der Waals surface area contributed by atoms with E-state index in [1.54, 1.807) is 19.9 Å². The highest BCUT2D eigenvalue weighted by Crippen LogP contribution is 2.03. The molecule has 0 aromatic carbocycles. The molecule has 0 radical (unpaired) electrons. The van der Waals surface area contributed by atoms with Crippen molar-refractivity contribution in [2.45, 2.75) is 19.9 Å². The van der Waals surface area contributed by atoms with Gasteiger partial charge in [-0.05, 0) is 19.9 Å². The Morgan fingerprint density at radius 1 is 1.41 bits per heavy atom. The van der Waals surface area contributed by atoms with Crippen molar-refractivity contribution in [1.29, 1.82) is 0 Å². The predicted octanol–water partition coefficient (Wildman–Crippen LogP) is 0.803. The van der Waals surface area contributed by atoms with Gasteiger partial charge < -0.3 is 10.0 Å². The number of nitrogens with zero attached hydrogens (tertiary/aromatic N) is 3. The molecule has 1 aromatic rings. The van der Waals surface area contributed by atoms with Crippen molar-refractivity contribution in [3.8, 4) is 0 Å². The number of carbonyl (C=O) groups is 2. The summed E-state index contributed by atoms with van der Waals surface area (Å²) in [6, 6.07) is 0.857. The summed E-state index contributed by atoms with van der Waals surface area (Å²) in [5.74, 6) is -0.920. The van der Waals surface area contributed by atoms with E-state index < -0.39 is 12.0 Å². The number of urea groups is 1. The molecule has 17 heavy (non-hydrogen) atoms. The highest BCUT2D eigenvalue weighted by Gasteiger charge is 2.20. The second-order valence-corrected chi connectivity index (χ2v) is 3.62. The Morgan fingerprint density at radius 2 is 2.00 bits per heavy atom. The molecule has 0 bridgehead atoms. The summed E-state index contributed by atoms with van der Waals surface area (Å²) in [5.41, 5.74) is 0. The van der Waals surface area contributed by atoms with Gasteiger partial charge in [-0.15, -0.1) is 0 Å². The van der Waals surface area contributed by atoms with Gasteiger partial charge in [0.05, 0.1) is 0 Å². The summed E-state index contributed by atoms with van der Waals surface area (Å²) in [7, 11) is 0. The number of aliphatic carboxylic acids is 1. The fourth-order valence-electron chi connectivity index (χ4n) is 1.17. The Balaban J connectivity index is 2.69. The van der Waals surface area contributed by atoms with E-state index in [0.29, 0.717) is 0 Å². The summed E-state index contributed by atoms with van der Waals surface area (Å²) in [6.07, 6.45) is 2.97. The van der Waals surface area contributed by atoms with Crippen LogP contribution in [0.3, 0.4) is 0 Å². The Hall–Kier alpha value is -2.18. The number of carboxylic acids is 1. The van der Waals surface area contributed by atoms with Crippen molar-refractivity contribution < 1.29 is 14.7 Å². The van der Waals surface area contributed by atoms with E-state index in [4.69, 9.17) is 5.11 Å². The Labute approximate surface area is 98.5 Å². The van der Waals surface area contributed by atoms with E-state index in [9.17, 15) is 9.59 Å². The third-order valence-electron chi connectivity index (χ3n) is 1.97. The van der Waals surface area contributed by atoms with Crippen molar-refractivity contribution in [2.24, 2.45) is 0 Å². The summed E-state index contributed by atoms with van der Waals surface area (Å²) in [4.78, 5) is 31.2. The molecule has 0 fully saturated rings. The molecule has 7 heteroatoms. The van der Waals surface area contributed by atoms with Gasteiger partial charge in [0.2, 0.25) is 5.95 Å². The van der Waals surface area contributed by atoms with Gasteiger partial charge in [0.25, 0.3) is 0 Å².